The van der Waals surface area contributed by atoms with Gasteiger partial charge in [-0.25, -0.2) is 9.18 Å². The van der Waals surface area contributed by atoms with Gasteiger partial charge in [0, 0.05) is 28.5 Å². The number of anilines is 1. The van der Waals surface area contributed by atoms with Gasteiger partial charge in [0.05, 0.1) is 22.6 Å². The summed E-state index contributed by atoms with van der Waals surface area (Å²) in [7, 11) is 0. The minimum atomic E-state index is -0.780. The van der Waals surface area contributed by atoms with Crippen LogP contribution in [0.25, 0.3) is 16.5 Å². The molecule has 4 rings (SSSR count). The van der Waals surface area contributed by atoms with Crippen molar-refractivity contribution >= 4 is 44.7 Å². The highest BCUT2D eigenvalue weighted by atomic mass is 32.1. The van der Waals surface area contributed by atoms with Crippen molar-refractivity contribution in [2.24, 2.45) is 0 Å². The monoisotopic (exact) mass is 482 g/mol. The quantitative estimate of drug-likeness (QED) is 0.250. The molecule has 2 aromatic heterocycles. The lowest BCUT2D eigenvalue weighted by atomic mass is 10.2. The number of halogens is 1. The number of benzene rings is 2. The molecule has 10 nitrogen and oxygen atoms in total. The summed E-state index contributed by atoms with van der Waals surface area (Å²) in [6, 6.07) is 10.0. The Bertz CT molecular complexity index is 1500. The lowest BCUT2D eigenvalue weighted by Gasteiger charge is -2.10. The largest absolute Gasteiger partial charge is 0.461 e. The molecule has 0 atom stereocenters. The van der Waals surface area contributed by atoms with Crippen molar-refractivity contribution in [3.05, 3.63) is 91.5 Å². The average molecular weight is 482 g/mol. The maximum Gasteiger partial charge on any atom is 0.359 e. The van der Waals surface area contributed by atoms with Crippen molar-refractivity contribution in [3.8, 4) is 5.69 Å². The van der Waals surface area contributed by atoms with E-state index in [-0.39, 0.29) is 45.0 Å². The van der Waals surface area contributed by atoms with E-state index in [0.717, 1.165) is 34.2 Å². The van der Waals surface area contributed by atoms with E-state index in [9.17, 15) is 28.9 Å². The van der Waals surface area contributed by atoms with Crippen LogP contribution < -0.4 is 10.9 Å². The van der Waals surface area contributed by atoms with Crippen LogP contribution in [0.3, 0.4) is 0 Å². The first kappa shape index (κ1) is 22.7. The summed E-state index contributed by atoms with van der Waals surface area (Å²) >= 11 is 0.980. The second-order valence-electron chi connectivity index (χ2n) is 6.88. The number of carbonyl (C=O) groups excluding carboxylic acids is 2. The fourth-order valence-corrected chi connectivity index (χ4v) is 4.12. The summed E-state index contributed by atoms with van der Waals surface area (Å²) in [4.78, 5) is 49.0. The number of hydrogen-bond acceptors (Lipinski definition) is 8. The van der Waals surface area contributed by atoms with Crippen LogP contribution in [0.1, 0.15) is 27.8 Å². The number of thiophene rings is 1. The van der Waals surface area contributed by atoms with Crippen LogP contribution in [0.5, 0.6) is 0 Å². The smallest absolute Gasteiger partial charge is 0.359 e. The van der Waals surface area contributed by atoms with Crippen molar-refractivity contribution in [2.75, 3.05) is 11.9 Å². The van der Waals surface area contributed by atoms with Gasteiger partial charge in [0.2, 0.25) is 0 Å². The van der Waals surface area contributed by atoms with Gasteiger partial charge in [0.25, 0.3) is 17.2 Å². The first-order valence-corrected chi connectivity index (χ1v) is 10.7. The van der Waals surface area contributed by atoms with E-state index in [4.69, 9.17) is 4.74 Å². The summed E-state index contributed by atoms with van der Waals surface area (Å²) in [5.74, 6) is -1.99. The molecule has 0 fully saturated rings. The Kier molecular flexibility index (Phi) is 6.15. The third kappa shape index (κ3) is 4.26. The summed E-state index contributed by atoms with van der Waals surface area (Å²) < 4.78 is 19.4. The zero-order chi connectivity index (χ0) is 24.4. The number of ether oxygens (including phenoxy) is 1. The molecule has 4 aromatic rings. The van der Waals surface area contributed by atoms with Gasteiger partial charge < -0.3 is 10.1 Å². The van der Waals surface area contributed by atoms with Gasteiger partial charge in [-0.3, -0.25) is 19.7 Å². The highest BCUT2D eigenvalue weighted by molar-refractivity contribution is 7.16. The molecule has 0 unspecified atom stereocenters. The van der Waals surface area contributed by atoms with Crippen LogP contribution in [0.15, 0.2) is 58.7 Å². The van der Waals surface area contributed by atoms with Gasteiger partial charge in [0.1, 0.15) is 10.8 Å². The first-order valence-electron chi connectivity index (χ1n) is 9.83. The molecule has 0 saturated heterocycles. The summed E-state index contributed by atoms with van der Waals surface area (Å²) in [6.45, 7) is 1.68. The molecular formula is C22H15FN4O6S. The van der Waals surface area contributed by atoms with Crippen LogP contribution in [-0.4, -0.2) is 33.2 Å². The number of hydrogen-bond donors (Lipinski definition) is 1. The molecule has 12 heteroatoms. The van der Waals surface area contributed by atoms with E-state index in [0.29, 0.717) is 0 Å². The molecule has 0 spiro atoms. The molecule has 2 heterocycles. The molecule has 0 aliphatic carbocycles. The summed E-state index contributed by atoms with van der Waals surface area (Å²) in [5.41, 5.74) is -0.885. The molecule has 2 aromatic carbocycles. The van der Waals surface area contributed by atoms with Crippen LogP contribution in [0.4, 0.5) is 15.1 Å². The van der Waals surface area contributed by atoms with Gasteiger partial charge in [-0.1, -0.05) is 6.07 Å². The molecule has 0 aliphatic rings. The number of amides is 1. The number of fused-ring (bicyclic) bond motifs is 1. The predicted octanol–water partition coefficient (Wildman–Crippen LogP) is 3.92. The fraction of sp³-hybridized carbons (Fsp3) is 0.0909. The number of rotatable bonds is 6. The molecule has 0 aliphatic heterocycles. The van der Waals surface area contributed by atoms with Crippen LogP contribution >= 0.6 is 11.3 Å². The highest BCUT2D eigenvalue weighted by Crippen LogP contribution is 2.31. The zero-order valence-corrected chi connectivity index (χ0v) is 18.3. The summed E-state index contributed by atoms with van der Waals surface area (Å²) in [6.07, 6.45) is 0. The topological polar surface area (TPSA) is 133 Å². The van der Waals surface area contributed by atoms with E-state index in [1.807, 2.05) is 0 Å². The van der Waals surface area contributed by atoms with E-state index in [2.05, 4.69) is 10.4 Å². The standard InChI is InChI=1S/C22H15FN4O6S/c1-2-33-22(30)18-16-11-34-20(24-19(28)12-4-3-5-15(10-12)27(31)32)17(16)21(29)26(25-18)14-8-6-13(23)7-9-14/h3-11H,2H2,1H3,(H,24,28). The minimum Gasteiger partial charge on any atom is -0.461 e. The summed E-state index contributed by atoms with van der Waals surface area (Å²) in [5, 5.41) is 19.5. The first-order chi connectivity index (χ1) is 16.3. The maximum atomic E-state index is 13.4. The van der Waals surface area contributed by atoms with Crippen molar-refractivity contribution in [1.82, 2.24) is 9.78 Å². The number of nitro groups is 1. The van der Waals surface area contributed by atoms with Gasteiger partial charge in [-0.2, -0.15) is 9.78 Å². The molecule has 1 amide bonds. The molecule has 172 valence electrons. The molecule has 1 N–H and O–H groups in total. The van der Waals surface area contributed by atoms with Crippen molar-refractivity contribution in [2.45, 2.75) is 6.92 Å². The van der Waals surface area contributed by atoms with Crippen molar-refractivity contribution in [1.29, 1.82) is 0 Å². The van der Waals surface area contributed by atoms with E-state index in [1.165, 1.54) is 35.7 Å². The maximum absolute atomic E-state index is 13.4. The molecule has 0 bridgehead atoms. The number of nitrogens with zero attached hydrogens (tertiary/aromatic N) is 3. The van der Waals surface area contributed by atoms with Gasteiger partial charge >= 0.3 is 5.97 Å². The van der Waals surface area contributed by atoms with Gasteiger partial charge in [-0.15, -0.1) is 11.3 Å². The number of aromatic nitrogens is 2. The third-order valence-electron chi connectivity index (χ3n) is 4.74. The number of esters is 1. The molecule has 0 saturated carbocycles. The second kappa shape index (κ2) is 9.19. The molecule has 34 heavy (non-hydrogen) atoms. The van der Waals surface area contributed by atoms with E-state index < -0.39 is 28.2 Å². The second-order valence-corrected chi connectivity index (χ2v) is 7.76. The Balaban J connectivity index is 1.85. The Hall–Kier alpha value is -4.45. The Morgan fingerprint density at radius 3 is 2.65 bits per heavy atom. The average Bonchev–Trinajstić information content (AvgIpc) is 3.24. The highest BCUT2D eigenvalue weighted by Gasteiger charge is 2.23. The minimum absolute atomic E-state index is 0.00819. The van der Waals surface area contributed by atoms with E-state index in [1.54, 1.807) is 6.92 Å². The van der Waals surface area contributed by atoms with E-state index >= 15 is 0 Å². The van der Waals surface area contributed by atoms with Crippen LogP contribution in [-0.2, 0) is 4.74 Å². The van der Waals surface area contributed by atoms with Crippen molar-refractivity contribution < 1.29 is 23.6 Å². The zero-order valence-electron chi connectivity index (χ0n) is 17.5. The number of nitrogens with one attached hydrogen (secondary N) is 1. The van der Waals surface area contributed by atoms with Crippen molar-refractivity contribution in [3.63, 3.8) is 0 Å². The molecule has 0 radical (unpaired) electrons. The Labute approximate surface area is 194 Å². The Morgan fingerprint density at radius 1 is 1.24 bits per heavy atom. The normalized spacial score (nSPS) is 10.8. The lowest BCUT2D eigenvalue weighted by molar-refractivity contribution is -0.384. The molecular weight excluding hydrogens is 467 g/mol. The SMILES string of the molecule is CCOC(=O)c1nn(-c2ccc(F)cc2)c(=O)c2c(NC(=O)c3cccc([N+](=O)[O-])c3)scc12. The Morgan fingerprint density at radius 2 is 1.97 bits per heavy atom. The fourth-order valence-electron chi connectivity index (χ4n) is 3.19. The third-order valence-corrected chi connectivity index (χ3v) is 5.63. The number of non-ortho nitro benzene ring substituents is 1. The lowest BCUT2D eigenvalue weighted by Crippen LogP contribution is -2.25. The number of nitro benzene ring substituents is 1. The van der Waals surface area contributed by atoms with Crippen LogP contribution in [0, 0.1) is 15.9 Å². The van der Waals surface area contributed by atoms with Gasteiger partial charge in [0.15, 0.2) is 5.69 Å². The van der Waals surface area contributed by atoms with Gasteiger partial charge in [-0.05, 0) is 37.3 Å². The number of carbonyl (C=O) groups is 2. The predicted molar refractivity (Wildman–Crippen MR) is 122 cm³/mol. The van der Waals surface area contributed by atoms with Crippen LogP contribution in [0.2, 0.25) is 0 Å².